The average Bonchev–Trinajstić information content (AvgIpc) is 3.09. The van der Waals surface area contributed by atoms with Gasteiger partial charge in [0, 0.05) is 55.1 Å². The highest BCUT2D eigenvalue weighted by Gasteiger charge is 2.39. The predicted molar refractivity (Wildman–Crippen MR) is 88.9 cm³/mol. The molecule has 2 atom stereocenters. The number of nitrogens with one attached hydrogen (secondary N) is 1. The van der Waals surface area contributed by atoms with Gasteiger partial charge in [0.15, 0.2) is 0 Å². The molecule has 0 bridgehead atoms. The zero-order valence-corrected chi connectivity index (χ0v) is 13.3. The zero-order chi connectivity index (χ0) is 15.8. The number of hydrogen-bond donors (Lipinski definition) is 2. The Morgan fingerprint density at radius 1 is 1.35 bits per heavy atom. The van der Waals surface area contributed by atoms with Crippen molar-refractivity contribution < 1.29 is 4.74 Å². The molecular weight excluding hydrogens is 292 g/mol. The molecule has 2 unspecified atom stereocenters. The SMILES string of the molecule is CC1=NC(N)=NC2C1CC(c1ncc[nH]1)=CN2C1CCOCC1. The first-order valence-electron chi connectivity index (χ1n) is 8.16. The van der Waals surface area contributed by atoms with Crippen molar-refractivity contribution in [3.8, 4) is 0 Å². The van der Waals surface area contributed by atoms with E-state index >= 15 is 0 Å². The van der Waals surface area contributed by atoms with Gasteiger partial charge in [-0.3, -0.25) is 0 Å². The summed E-state index contributed by atoms with van der Waals surface area (Å²) >= 11 is 0. The van der Waals surface area contributed by atoms with Gasteiger partial charge < -0.3 is 20.4 Å². The van der Waals surface area contributed by atoms with Gasteiger partial charge in [0.05, 0.1) is 0 Å². The fraction of sp³-hybridized carbons (Fsp3) is 0.562. The Labute approximate surface area is 135 Å². The number of imidazole rings is 1. The lowest BCUT2D eigenvalue weighted by Crippen LogP contribution is -2.51. The van der Waals surface area contributed by atoms with E-state index in [0.717, 1.165) is 44.0 Å². The third-order valence-corrected chi connectivity index (χ3v) is 4.92. The quantitative estimate of drug-likeness (QED) is 0.862. The predicted octanol–water partition coefficient (Wildman–Crippen LogP) is 1.37. The number of H-pyrrole nitrogens is 1. The molecule has 23 heavy (non-hydrogen) atoms. The third kappa shape index (κ3) is 2.65. The molecule has 1 saturated heterocycles. The van der Waals surface area contributed by atoms with Crippen LogP contribution in [0.3, 0.4) is 0 Å². The van der Waals surface area contributed by atoms with Crippen LogP contribution in [0, 0.1) is 5.92 Å². The lowest BCUT2D eigenvalue weighted by molar-refractivity contribution is 0.0313. The number of nitrogens with two attached hydrogens (primary N) is 1. The first-order chi connectivity index (χ1) is 11.2. The van der Waals surface area contributed by atoms with Crippen LogP contribution in [0.1, 0.15) is 32.0 Å². The van der Waals surface area contributed by atoms with E-state index in [0.29, 0.717) is 12.0 Å². The topological polar surface area (TPSA) is 91.9 Å². The zero-order valence-electron chi connectivity index (χ0n) is 13.3. The number of ether oxygens (including phenoxy) is 1. The van der Waals surface area contributed by atoms with E-state index in [2.05, 4.69) is 31.1 Å². The van der Waals surface area contributed by atoms with Gasteiger partial charge in [-0.1, -0.05) is 0 Å². The molecule has 0 spiro atoms. The molecule has 3 aliphatic rings. The first-order valence-corrected chi connectivity index (χ1v) is 8.16. The normalized spacial score (nSPS) is 28.7. The van der Waals surface area contributed by atoms with Crippen molar-refractivity contribution in [2.24, 2.45) is 21.6 Å². The van der Waals surface area contributed by atoms with E-state index in [-0.39, 0.29) is 12.1 Å². The largest absolute Gasteiger partial charge is 0.381 e. The molecule has 7 nitrogen and oxygen atoms in total. The standard InChI is InChI=1S/C16H22N6O/c1-10-13-8-11(14-18-4-5-19-14)9-22(12-2-6-23-7-3-12)15(13)21-16(17)20-10/h4-5,9,12-13,15H,2-3,6-8H2,1H3,(H2,17,21)(H,18,19). The van der Waals surface area contributed by atoms with Gasteiger partial charge in [-0.2, -0.15) is 0 Å². The molecule has 1 aromatic heterocycles. The van der Waals surface area contributed by atoms with Gasteiger partial charge in [0.1, 0.15) is 12.0 Å². The summed E-state index contributed by atoms with van der Waals surface area (Å²) < 4.78 is 5.52. The van der Waals surface area contributed by atoms with Crippen molar-refractivity contribution >= 4 is 17.2 Å². The number of aromatic amines is 1. The number of fused-ring (bicyclic) bond motifs is 1. The summed E-state index contributed by atoms with van der Waals surface area (Å²) in [6.45, 7) is 3.65. The van der Waals surface area contributed by atoms with Crippen molar-refractivity contribution in [2.75, 3.05) is 13.2 Å². The lowest BCUT2D eigenvalue weighted by Gasteiger charge is -2.45. The number of hydrogen-bond acceptors (Lipinski definition) is 6. The Morgan fingerprint density at radius 3 is 2.91 bits per heavy atom. The molecule has 1 aromatic rings. The third-order valence-electron chi connectivity index (χ3n) is 4.92. The molecule has 1 fully saturated rings. The number of rotatable bonds is 2. The number of allylic oxidation sites excluding steroid dienone is 1. The van der Waals surface area contributed by atoms with Gasteiger partial charge in [0.25, 0.3) is 0 Å². The second kappa shape index (κ2) is 5.81. The molecule has 0 amide bonds. The maximum atomic E-state index is 5.93. The maximum absolute atomic E-state index is 5.93. The van der Waals surface area contributed by atoms with Gasteiger partial charge in [0.2, 0.25) is 5.96 Å². The molecule has 7 heteroatoms. The second-order valence-electron chi connectivity index (χ2n) is 6.35. The van der Waals surface area contributed by atoms with Crippen LogP contribution in [0.5, 0.6) is 0 Å². The van der Waals surface area contributed by atoms with E-state index in [9.17, 15) is 0 Å². The molecule has 122 valence electrons. The molecule has 3 N–H and O–H groups in total. The molecule has 4 rings (SSSR count). The van der Waals surface area contributed by atoms with Crippen LogP contribution < -0.4 is 5.73 Å². The summed E-state index contributed by atoms with van der Waals surface area (Å²) in [4.78, 5) is 19.0. The molecule has 0 aliphatic carbocycles. The lowest BCUT2D eigenvalue weighted by atomic mass is 9.86. The van der Waals surface area contributed by atoms with Gasteiger partial charge in [-0.05, 0) is 26.2 Å². The van der Waals surface area contributed by atoms with Crippen LogP contribution in [-0.2, 0) is 4.74 Å². The summed E-state index contributed by atoms with van der Waals surface area (Å²) in [6, 6.07) is 0.420. The van der Waals surface area contributed by atoms with Gasteiger partial charge >= 0.3 is 0 Å². The van der Waals surface area contributed by atoms with Crippen LogP contribution in [0.15, 0.2) is 28.6 Å². The Kier molecular flexibility index (Phi) is 3.65. The van der Waals surface area contributed by atoms with Crippen LogP contribution in [-0.4, -0.2) is 52.0 Å². The highest BCUT2D eigenvalue weighted by molar-refractivity contribution is 5.99. The van der Waals surface area contributed by atoms with E-state index in [4.69, 9.17) is 10.5 Å². The summed E-state index contributed by atoms with van der Waals surface area (Å²) in [5, 5.41) is 0. The van der Waals surface area contributed by atoms with Gasteiger partial charge in [-0.25, -0.2) is 15.0 Å². The second-order valence-corrected chi connectivity index (χ2v) is 6.35. The summed E-state index contributed by atoms with van der Waals surface area (Å²) in [5.74, 6) is 1.56. The summed E-state index contributed by atoms with van der Waals surface area (Å²) in [6.07, 6.45) is 8.80. The van der Waals surface area contributed by atoms with Gasteiger partial charge in [-0.15, -0.1) is 0 Å². The maximum Gasteiger partial charge on any atom is 0.217 e. The minimum atomic E-state index is 0.0364. The molecule has 0 aromatic carbocycles. The van der Waals surface area contributed by atoms with E-state index in [1.807, 2.05) is 13.1 Å². The number of nitrogens with zero attached hydrogens (tertiary/aromatic N) is 4. The average molecular weight is 314 g/mol. The van der Waals surface area contributed by atoms with Crippen molar-refractivity contribution in [3.63, 3.8) is 0 Å². The summed E-state index contributed by atoms with van der Waals surface area (Å²) in [5.41, 5.74) is 8.18. The van der Waals surface area contributed by atoms with Crippen molar-refractivity contribution in [1.82, 2.24) is 14.9 Å². The molecular formula is C16H22N6O. The number of guanidine groups is 1. The molecule has 3 aliphatic heterocycles. The van der Waals surface area contributed by atoms with Crippen molar-refractivity contribution in [3.05, 3.63) is 24.4 Å². The molecule has 4 heterocycles. The summed E-state index contributed by atoms with van der Waals surface area (Å²) in [7, 11) is 0. The fourth-order valence-electron chi connectivity index (χ4n) is 3.71. The van der Waals surface area contributed by atoms with E-state index < -0.39 is 0 Å². The Hall–Kier alpha value is -2.15. The first kappa shape index (κ1) is 14.4. The van der Waals surface area contributed by atoms with Crippen molar-refractivity contribution in [2.45, 2.75) is 38.4 Å². The fourth-order valence-corrected chi connectivity index (χ4v) is 3.71. The van der Waals surface area contributed by atoms with Crippen LogP contribution >= 0.6 is 0 Å². The van der Waals surface area contributed by atoms with Crippen LogP contribution in [0.2, 0.25) is 0 Å². The number of aliphatic imine (C=N–C) groups is 2. The van der Waals surface area contributed by atoms with Crippen LogP contribution in [0.25, 0.3) is 5.57 Å². The monoisotopic (exact) mass is 314 g/mol. The highest BCUT2D eigenvalue weighted by Crippen LogP contribution is 2.36. The minimum absolute atomic E-state index is 0.0364. The molecule has 0 saturated carbocycles. The van der Waals surface area contributed by atoms with Crippen LogP contribution in [0.4, 0.5) is 0 Å². The van der Waals surface area contributed by atoms with E-state index in [1.54, 1.807) is 6.20 Å². The Morgan fingerprint density at radius 2 is 2.17 bits per heavy atom. The van der Waals surface area contributed by atoms with E-state index in [1.165, 1.54) is 5.57 Å². The Bertz CT molecular complexity index is 656. The van der Waals surface area contributed by atoms with Crippen molar-refractivity contribution in [1.29, 1.82) is 0 Å². The number of aromatic nitrogens is 2. The smallest absolute Gasteiger partial charge is 0.217 e. The highest BCUT2D eigenvalue weighted by atomic mass is 16.5. The Balaban J connectivity index is 1.72. The molecule has 0 radical (unpaired) electrons. The minimum Gasteiger partial charge on any atom is -0.381 e.